The van der Waals surface area contributed by atoms with E-state index in [9.17, 15) is 13.2 Å². The van der Waals surface area contributed by atoms with Crippen LogP contribution in [0.15, 0.2) is 27.6 Å². The van der Waals surface area contributed by atoms with Crippen molar-refractivity contribution in [2.45, 2.75) is 17.7 Å². The van der Waals surface area contributed by atoms with Crippen molar-refractivity contribution in [3.05, 3.63) is 28.2 Å². The van der Waals surface area contributed by atoms with Gasteiger partial charge in [-0.3, -0.25) is 4.79 Å². The van der Waals surface area contributed by atoms with E-state index in [0.717, 1.165) is 12.8 Å². The molecule has 0 unspecified atom stereocenters. The van der Waals surface area contributed by atoms with Crippen LogP contribution in [0.3, 0.4) is 0 Å². The van der Waals surface area contributed by atoms with Crippen molar-refractivity contribution in [2.24, 2.45) is 5.92 Å². The van der Waals surface area contributed by atoms with Crippen LogP contribution in [-0.4, -0.2) is 34.1 Å². The Morgan fingerprint density at radius 2 is 2.00 bits per heavy atom. The minimum absolute atomic E-state index is 0.102. The number of carbonyl (C=O) groups is 1. The molecule has 1 saturated heterocycles. The zero-order chi connectivity index (χ0) is 15.5. The lowest BCUT2D eigenvalue weighted by Gasteiger charge is -2.22. The first-order chi connectivity index (χ1) is 9.86. The topological polar surface area (TPSA) is 72.5 Å². The molecule has 2 rings (SSSR count). The number of ether oxygens (including phenoxy) is 1. The van der Waals surface area contributed by atoms with Crippen LogP contribution in [0, 0.1) is 5.92 Å². The summed E-state index contributed by atoms with van der Waals surface area (Å²) in [6, 6.07) is 4.19. The summed E-state index contributed by atoms with van der Waals surface area (Å²) in [5, 5.41) is 2.82. The third-order valence-corrected chi connectivity index (χ3v) is 5.10. The largest absolute Gasteiger partial charge is 0.381 e. The molecule has 1 N–H and O–H groups in total. The van der Waals surface area contributed by atoms with Gasteiger partial charge in [0.2, 0.25) is 0 Å². The molecule has 1 aromatic carbocycles. The van der Waals surface area contributed by atoms with E-state index in [-0.39, 0.29) is 16.4 Å². The van der Waals surface area contributed by atoms with Crippen molar-refractivity contribution in [3.63, 3.8) is 0 Å². The third-order valence-electron chi connectivity index (χ3n) is 3.31. The maximum absolute atomic E-state index is 12.1. The van der Waals surface area contributed by atoms with Crippen LogP contribution in [0.4, 0.5) is 0 Å². The summed E-state index contributed by atoms with van der Waals surface area (Å²) in [5.41, 5.74) is 0.260. The van der Waals surface area contributed by atoms with Gasteiger partial charge in [-0.15, -0.1) is 0 Å². The van der Waals surface area contributed by atoms with Crippen LogP contribution in [0.1, 0.15) is 23.2 Å². The molecular weight excluding hydrogens is 382 g/mol. The van der Waals surface area contributed by atoms with Gasteiger partial charge in [-0.25, -0.2) is 8.42 Å². The summed E-state index contributed by atoms with van der Waals surface area (Å²) in [4.78, 5) is 12.0. The van der Waals surface area contributed by atoms with E-state index >= 15 is 0 Å². The summed E-state index contributed by atoms with van der Waals surface area (Å²) in [5.74, 6) is 0.0791. The summed E-state index contributed by atoms with van der Waals surface area (Å²) in [6.45, 7) is 1.98. The number of hydrogen-bond donors (Lipinski definition) is 1. The van der Waals surface area contributed by atoms with Crippen molar-refractivity contribution in [1.29, 1.82) is 0 Å². The van der Waals surface area contributed by atoms with Crippen LogP contribution in [-0.2, 0) is 13.8 Å². The molecule has 1 aliphatic heterocycles. The number of halogens is 2. The highest BCUT2D eigenvalue weighted by atomic mass is 79.9. The van der Waals surface area contributed by atoms with Crippen LogP contribution in [0.2, 0.25) is 0 Å². The van der Waals surface area contributed by atoms with E-state index in [1.165, 1.54) is 12.1 Å². The number of amides is 1. The second kappa shape index (κ2) is 7.09. The van der Waals surface area contributed by atoms with E-state index in [2.05, 4.69) is 21.2 Å². The van der Waals surface area contributed by atoms with E-state index < -0.39 is 9.05 Å². The highest BCUT2D eigenvalue weighted by Gasteiger charge is 2.18. The van der Waals surface area contributed by atoms with E-state index in [0.29, 0.717) is 30.1 Å². The summed E-state index contributed by atoms with van der Waals surface area (Å²) >= 11 is 3.18. The molecule has 8 heteroatoms. The maximum Gasteiger partial charge on any atom is 0.261 e. The normalized spacial score (nSPS) is 16.7. The molecule has 5 nitrogen and oxygen atoms in total. The van der Waals surface area contributed by atoms with E-state index in [4.69, 9.17) is 15.4 Å². The Hall–Kier alpha value is -0.630. The summed E-state index contributed by atoms with van der Waals surface area (Å²) < 4.78 is 28.5. The number of rotatable bonds is 4. The van der Waals surface area contributed by atoms with Gasteiger partial charge in [0.15, 0.2) is 0 Å². The Morgan fingerprint density at radius 1 is 1.33 bits per heavy atom. The zero-order valence-corrected chi connectivity index (χ0v) is 14.3. The van der Waals surface area contributed by atoms with Crippen molar-refractivity contribution in [1.82, 2.24) is 5.32 Å². The third kappa shape index (κ3) is 4.95. The average molecular weight is 397 g/mol. The lowest BCUT2D eigenvalue weighted by molar-refractivity contribution is 0.0642. The smallest absolute Gasteiger partial charge is 0.261 e. The standard InChI is InChI=1S/C13H15BrClNO4S/c14-11-5-10(6-12(7-11)21(15,18)19)13(17)16-8-9-1-3-20-4-2-9/h5-7,9H,1-4,8H2,(H,16,17). The minimum atomic E-state index is -3.87. The van der Waals surface area contributed by atoms with Crippen LogP contribution >= 0.6 is 26.6 Å². The number of nitrogens with one attached hydrogen (secondary N) is 1. The van der Waals surface area contributed by atoms with Gasteiger partial charge in [-0.1, -0.05) is 15.9 Å². The Labute approximate surface area is 136 Å². The molecule has 1 aromatic rings. The van der Waals surface area contributed by atoms with Gasteiger partial charge < -0.3 is 10.1 Å². The first-order valence-corrected chi connectivity index (χ1v) is 9.57. The second-order valence-corrected chi connectivity index (χ2v) is 8.36. The molecule has 0 radical (unpaired) electrons. The number of carbonyl (C=O) groups excluding carboxylic acids is 1. The van der Waals surface area contributed by atoms with Crippen molar-refractivity contribution >= 4 is 41.6 Å². The van der Waals surface area contributed by atoms with Gasteiger partial charge >= 0.3 is 0 Å². The molecule has 1 fully saturated rings. The predicted molar refractivity (Wildman–Crippen MR) is 83.1 cm³/mol. The monoisotopic (exact) mass is 395 g/mol. The summed E-state index contributed by atoms with van der Waals surface area (Å²) in [7, 11) is 1.44. The average Bonchev–Trinajstić information content (AvgIpc) is 2.44. The van der Waals surface area contributed by atoms with Gasteiger partial charge in [0.1, 0.15) is 0 Å². The van der Waals surface area contributed by atoms with Crippen LogP contribution in [0.5, 0.6) is 0 Å². The highest BCUT2D eigenvalue weighted by Crippen LogP contribution is 2.22. The maximum atomic E-state index is 12.1. The Morgan fingerprint density at radius 3 is 2.62 bits per heavy atom. The van der Waals surface area contributed by atoms with Gasteiger partial charge in [0.25, 0.3) is 15.0 Å². The minimum Gasteiger partial charge on any atom is -0.381 e. The van der Waals surface area contributed by atoms with Gasteiger partial charge in [-0.2, -0.15) is 0 Å². The molecule has 1 aliphatic rings. The first-order valence-electron chi connectivity index (χ1n) is 6.47. The Kier molecular flexibility index (Phi) is 5.65. The number of benzene rings is 1. The lowest BCUT2D eigenvalue weighted by atomic mass is 10.0. The fourth-order valence-corrected chi connectivity index (χ4v) is 3.57. The zero-order valence-electron chi connectivity index (χ0n) is 11.1. The van der Waals surface area contributed by atoms with Gasteiger partial charge in [-0.05, 0) is 37.0 Å². The number of hydrogen-bond acceptors (Lipinski definition) is 4. The summed E-state index contributed by atoms with van der Waals surface area (Å²) in [6.07, 6.45) is 1.83. The fourth-order valence-electron chi connectivity index (χ4n) is 2.12. The van der Waals surface area contributed by atoms with Gasteiger partial charge in [0.05, 0.1) is 4.90 Å². The van der Waals surface area contributed by atoms with E-state index in [1.807, 2.05) is 0 Å². The molecule has 21 heavy (non-hydrogen) atoms. The molecule has 0 aliphatic carbocycles. The molecular formula is C13H15BrClNO4S. The molecule has 116 valence electrons. The molecule has 0 aromatic heterocycles. The molecule has 0 spiro atoms. The predicted octanol–water partition coefficient (Wildman–Crippen LogP) is 2.53. The van der Waals surface area contributed by atoms with E-state index in [1.54, 1.807) is 6.07 Å². The lowest BCUT2D eigenvalue weighted by Crippen LogP contribution is -2.32. The van der Waals surface area contributed by atoms with Crippen LogP contribution in [0.25, 0.3) is 0 Å². The Bertz CT molecular complexity index is 629. The van der Waals surface area contributed by atoms with Crippen molar-refractivity contribution < 1.29 is 17.9 Å². The van der Waals surface area contributed by atoms with Crippen molar-refractivity contribution in [2.75, 3.05) is 19.8 Å². The molecule has 0 saturated carbocycles. The van der Waals surface area contributed by atoms with Crippen LogP contribution < -0.4 is 5.32 Å². The van der Waals surface area contributed by atoms with Gasteiger partial charge in [0, 0.05) is 40.5 Å². The molecule has 0 atom stereocenters. The molecule has 1 heterocycles. The SMILES string of the molecule is O=C(NCC1CCOCC1)c1cc(Br)cc(S(=O)(=O)Cl)c1. The molecule has 1 amide bonds. The quantitative estimate of drug-likeness (QED) is 0.794. The Balaban J connectivity index is 2.06. The first kappa shape index (κ1) is 16.7. The molecule has 0 bridgehead atoms. The highest BCUT2D eigenvalue weighted by molar-refractivity contribution is 9.10. The van der Waals surface area contributed by atoms with Crippen molar-refractivity contribution in [3.8, 4) is 0 Å². The fraction of sp³-hybridized carbons (Fsp3) is 0.462. The second-order valence-electron chi connectivity index (χ2n) is 4.88.